The van der Waals surface area contributed by atoms with E-state index in [4.69, 9.17) is 11.6 Å². The van der Waals surface area contributed by atoms with Crippen molar-refractivity contribution in [2.24, 2.45) is 0 Å². The maximum atomic E-state index is 10.0. The average molecular weight is 295 g/mol. The Hall–Kier alpha value is -1.00. The molecule has 2 aromatic carbocycles. The fourth-order valence-corrected chi connectivity index (χ4v) is 3.20. The summed E-state index contributed by atoms with van der Waals surface area (Å²) < 4.78 is 0. The van der Waals surface area contributed by atoms with Gasteiger partial charge in [-0.05, 0) is 17.7 Å². The molecule has 19 heavy (non-hydrogen) atoms. The van der Waals surface area contributed by atoms with E-state index in [9.17, 15) is 10.2 Å². The quantitative estimate of drug-likeness (QED) is 0.829. The maximum absolute atomic E-state index is 10.0. The van der Waals surface area contributed by atoms with Crippen LogP contribution in [-0.4, -0.2) is 22.9 Å². The smallest absolute Gasteiger partial charge is 0.0933 e. The molecule has 0 heterocycles. The summed E-state index contributed by atoms with van der Waals surface area (Å²) in [7, 11) is 0. The zero-order valence-corrected chi connectivity index (χ0v) is 11.8. The minimum absolute atomic E-state index is 0.244. The molecule has 0 unspecified atom stereocenters. The van der Waals surface area contributed by atoms with Gasteiger partial charge in [0.25, 0.3) is 0 Å². The van der Waals surface area contributed by atoms with Crippen LogP contribution in [0.25, 0.3) is 0 Å². The molecule has 0 amide bonds. The van der Waals surface area contributed by atoms with Gasteiger partial charge in [0.1, 0.15) is 0 Å². The Bertz CT molecular complexity index is 519. The Morgan fingerprint density at radius 1 is 1.00 bits per heavy atom. The van der Waals surface area contributed by atoms with E-state index in [0.717, 1.165) is 10.5 Å². The Kier molecular flexibility index (Phi) is 5.28. The van der Waals surface area contributed by atoms with E-state index in [1.54, 1.807) is 0 Å². The number of benzene rings is 2. The van der Waals surface area contributed by atoms with Gasteiger partial charge in [-0.25, -0.2) is 0 Å². The van der Waals surface area contributed by atoms with Crippen LogP contribution in [0.4, 0.5) is 0 Å². The lowest BCUT2D eigenvalue weighted by Gasteiger charge is -2.21. The molecule has 2 atom stereocenters. The van der Waals surface area contributed by atoms with Crippen LogP contribution in [0.15, 0.2) is 59.5 Å². The van der Waals surface area contributed by atoms with Crippen LogP contribution < -0.4 is 0 Å². The van der Waals surface area contributed by atoms with Crippen LogP contribution in [0.1, 0.15) is 10.8 Å². The van der Waals surface area contributed by atoms with Crippen LogP contribution >= 0.6 is 23.4 Å². The lowest BCUT2D eigenvalue weighted by atomic mass is 10.1. The van der Waals surface area contributed by atoms with Crippen molar-refractivity contribution >= 4 is 23.4 Å². The molecular weight excluding hydrogens is 280 g/mol. The van der Waals surface area contributed by atoms with Crippen LogP contribution in [0.2, 0.25) is 5.02 Å². The second-order valence-electron chi connectivity index (χ2n) is 4.13. The normalized spacial score (nSPS) is 14.1. The maximum Gasteiger partial charge on any atom is 0.0933 e. The third kappa shape index (κ3) is 3.74. The first-order valence-electron chi connectivity index (χ1n) is 5.97. The minimum atomic E-state index is -0.830. The summed E-state index contributed by atoms with van der Waals surface area (Å²) in [5, 5.41) is 19.6. The minimum Gasteiger partial charge on any atom is -0.394 e. The van der Waals surface area contributed by atoms with Gasteiger partial charge in [-0.2, -0.15) is 0 Å². The van der Waals surface area contributed by atoms with Gasteiger partial charge in [0.2, 0.25) is 0 Å². The number of aliphatic hydroxyl groups is 2. The first kappa shape index (κ1) is 14.4. The predicted octanol–water partition coefficient (Wildman–Crippen LogP) is 3.53. The number of hydrogen-bond acceptors (Lipinski definition) is 3. The van der Waals surface area contributed by atoms with Gasteiger partial charge in [0.15, 0.2) is 0 Å². The van der Waals surface area contributed by atoms with Gasteiger partial charge in [0, 0.05) is 4.90 Å². The molecule has 0 saturated carbocycles. The highest BCUT2D eigenvalue weighted by molar-refractivity contribution is 7.99. The summed E-state index contributed by atoms with van der Waals surface area (Å²) in [5.74, 6) is 0. The van der Waals surface area contributed by atoms with Gasteiger partial charge in [0.05, 0.1) is 23.0 Å². The number of hydrogen-bond donors (Lipinski definition) is 2. The highest BCUT2D eigenvalue weighted by Gasteiger charge is 2.22. The molecule has 0 fully saturated rings. The lowest BCUT2D eigenvalue weighted by molar-refractivity contribution is 0.0931. The Labute approximate surface area is 122 Å². The second kappa shape index (κ2) is 6.96. The van der Waals surface area contributed by atoms with E-state index in [2.05, 4.69) is 0 Å². The SMILES string of the molecule is OC[C@@H](O)[C@@H](Sc1ccccc1Cl)c1ccccc1. The summed E-state index contributed by atoms with van der Waals surface area (Å²) >= 11 is 7.60. The van der Waals surface area contributed by atoms with E-state index in [1.165, 1.54) is 11.8 Å². The van der Waals surface area contributed by atoms with Gasteiger partial charge in [-0.3, -0.25) is 0 Å². The first-order chi connectivity index (χ1) is 9.22. The molecule has 2 rings (SSSR count). The highest BCUT2D eigenvalue weighted by atomic mass is 35.5. The van der Waals surface area contributed by atoms with Crippen LogP contribution in [-0.2, 0) is 0 Å². The van der Waals surface area contributed by atoms with Crippen molar-refractivity contribution in [3.05, 3.63) is 65.2 Å². The molecule has 0 saturated heterocycles. The van der Waals surface area contributed by atoms with Crippen LogP contribution in [0, 0.1) is 0 Å². The van der Waals surface area contributed by atoms with Gasteiger partial charge < -0.3 is 10.2 Å². The highest BCUT2D eigenvalue weighted by Crippen LogP contribution is 2.40. The van der Waals surface area contributed by atoms with E-state index in [0.29, 0.717) is 5.02 Å². The molecule has 0 aromatic heterocycles. The predicted molar refractivity (Wildman–Crippen MR) is 79.6 cm³/mol. The first-order valence-corrected chi connectivity index (χ1v) is 7.23. The zero-order chi connectivity index (χ0) is 13.7. The van der Waals surface area contributed by atoms with E-state index in [1.807, 2.05) is 54.6 Å². The molecule has 0 aliphatic carbocycles. The monoisotopic (exact) mass is 294 g/mol. The largest absolute Gasteiger partial charge is 0.394 e. The fourth-order valence-electron chi connectivity index (χ4n) is 1.78. The van der Waals surface area contributed by atoms with Crippen molar-refractivity contribution in [3.8, 4) is 0 Å². The molecule has 0 aliphatic heterocycles. The molecule has 0 bridgehead atoms. The molecule has 4 heteroatoms. The van der Waals surface area contributed by atoms with Gasteiger partial charge in [-0.15, -0.1) is 11.8 Å². The molecule has 0 spiro atoms. The van der Waals surface area contributed by atoms with Crippen molar-refractivity contribution in [1.82, 2.24) is 0 Å². The zero-order valence-electron chi connectivity index (χ0n) is 10.2. The van der Waals surface area contributed by atoms with Crippen LogP contribution in [0.3, 0.4) is 0 Å². The Balaban J connectivity index is 2.27. The topological polar surface area (TPSA) is 40.5 Å². The van der Waals surface area contributed by atoms with E-state index >= 15 is 0 Å². The Morgan fingerprint density at radius 3 is 2.26 bits per heavy atom. The molecule has 0 radical (unpaired) electrons. The number of aliphatic hydroxyl groups excluding tert-OH is 2. The molecule has 100 valence electrons. The molecule has 2 nitrogen and oxygen atoms in total. The number of halogens is 1. The second-order valence-corrected chi connectivity index (χ2v) is 5.72. The summed E-state index contributed by atoms with van der Waals surface area (Å²) in [4.78, 5) is 0.894. The summed E-state index contributed by atoms with van der Waals surface area (Å²) in [6.45, 7) is -0.281. The van der Waals surface area contributed by atoms with Crippen molar-refractivity contribution in [2.45, 2.75) is 16.2 Å². The van der Waals surface area contributed by atoms with E-state index < -0.39 is 6.10 Å². The third-order valence-corrected chi connectivity index (χ3v) is 4.65. The van der Waals surface area contributed by atoms with Crippen molar-refractivity contribution in [2.75, 3.05) is 6.61 Å². The van der Waals surface area contributed by atoms with Crippen LogP contribution in [0.5, 0.6) is 0 Å². The summed E-state index contributed by atoms with van der Waals surface area (Å²) in [6, 6.07) is 17.1. The summed E-state index contributed by atoms with van der Waals surface area (Å²) in [6.07, 6.45) is -0.830. The standard InChI is InChI=1S/C15H15ClO2S/c16-12-8-4-5-9-14(12)19-15(13(18)10-17)11-6-2-1-3-7-11/h1-9,13,15,17-18H,10H2/t13-,15+/m1/s1. The number of rotatable bonds is 5. The molecule has 0 aliphatic rings. The third-order valence-electron chi connectivity index (χ3n) is 2.76. The molecule has 2 N–H and O–H groups in total. The fraction of sp³-hybridized carbons (Fsp3) is 0.200. The van der Waals surface area contributed by atoms with Crippen molar-refractivity contribution < 1.29 is 10.2 Å². The van der Waals surface area contributed by atoms with Crippen molar-refractivity contribution in [1.29, 1.82) is 0 Å². The lowest BCUT2D eigenvalue weighted by Crippen LogP contribution is -2.20. The van der Waals surface area contributed by atoms with E-state index in [-0.39, 0.29) is 11.9 Å². The average Bonchev–Trinajstić information content (AvgIpc) is 2.46. The Morgan fingerprint density at radius 2 is 1.63 bits per heavy atom. The molecular formula is C15H15ClO2S. The van der Waals surface area contributed by atoms with Gasteiger partial charge in [-0.1, -0.05) is 54.1 Å². The number of thioether (sulfide) groups is 1. The molecule has 2 aromatic rings. The summed E-state index contributed by atoms with van der Waals surface area (Å²) in [5.41, 5.74) is 0.967. The van der Waals surface area contributed by atoms with Gasteiger partial charge >= 0.3 is 0 Å². The van der Waals surface area contributed by atoms with Crippen molar-refractivity contribution in [3.63, 3.8) is 0 Å².